The second kappa shape index (κ2) is 56.3. The molecule has 22 nitrogen and oxygen atoms in total. The van der Waals surface area contributed by atoms with Gasteiger partial charge in [0, 0.05) is 168 Å². The molecular weight excluding hydrogens is 2530 g/mol. The van der Waals surface area contributed by atoms with Gasteiger partial charge in [-0.2, -0.15) is 0 Å². The van der Waals surface area contributed by atoms with Gasteiger partial charge in [-0.25, -0.2) is 0 Å². The third-order valence-corrected chi connectivity index (χ3v) is 17.0. The molecule has 0 amide bonds. The fourth-order valence-corrected chi connectivity index (χ4v) is 11.4. The Labute approximate surface area is 823 Å². The number of nitrogens with zero attached hydrogens (tertiary/aromatic N) is 18. The number of pyridine rings is 8. The summed E-state index contributed by atoms with van der Waals surface area (Å²) in [5.41, 5.74) is 18.9. The first-order valence-electron chi connectivity index (χ1n) is 39.4. The summed E-state index contributed by atoms with van der Waals surface area (Å²) in [6.07, 6.45) is 16.3. The standard InChI is InChI=1S/5C12H8N3.C11H7FN.2C11H8N.2C5H8O2.5Ir/c5*1-2-6-10-9(5-1)14-12(15-10)11-7-3-4-8-13-11;12-10-6-4-9(5-7-10)11-3-1-2-8-13-11;2*1-2-6-10(7-3-1)11-8-4-5-9-12-11;2*1-4(6)3-5(2)7;;;;;/h5*1-8H;1-4,6-8H;2*1-6,8-9H;2*3,6H,1-2H3;;;;;/q8*-1;;;;;;;. The number of allylic oxidation sites excluding steroid dienone is 4. The van der Waals surface area contributed by atoms with Crippen LogP contribution in [0.5, 0.6) is 0 Å². The van der Waals surface area contributed by atoms with Gasteiger partial charge in [0.2, 0.25) is 0 Å². The van der Waals surface area contributed by atoms with E-state index >= 15 is 0 Å². The molecule has 0 spiro atoms. The fraction of sp³-hybridized carbons (Fsp3) is 0.0388. The first-order valence-corrected chi connectivity index (χ1v) is 39.4. The van der Waals surface area contributed by atoms with E-state index in [2.05, 4.69) is 108 Å². The van der Waals surface area contributed by atoms with Crippen molar-refractivity contribution in [3.63, 3.8) is 0 Å². The first kappa shape index (κ1) is 104. The number of fused-ring (bicyclic) bond motifs is 5. The molecule has 0 aliphatic heterocycles. The van der Waals surface area contributed by atoms with Gasteiger partial charge in [0.25, 0.3) is 0 Å². The number of aliphatic hydroxyl groups is 2. The van der Waals surface area contributed by atoms with E-state index in [1.165, 1.54) is 52.0 Å². The van der Waals surface area contributed by atoms with Crippen molar-refractivity contribution in [3.8, 4) is 91.4 Å². The Morgan fingerprint density at radius 1 is 0.260 bits per heavy atom. The maximum Gasteiger partial charge on any atom is 0.155 e. The van der Waals surface area contributed by atoms with Crippen molar-refractivity contribution < 1.29 is 125 Å². The van der Waals surface area contributed by atoms with Gasteiger partial charge in [-0.3, -0.25) is 38.9 Å². The van der Waals surface area contributed by atoms with Crippen LogP contribution in [0.1, 0.15) is 27.7 Å². The number of aliphatic hydroxyl groups excluding tert-OH is 2. The molecule has 0 fully saturated rings. The molecule has 0 aliphatic carbocycles. The van der Waals surface area contributed by atoms with E-state index in [1.807, 2.05) is 315 Å². The van der Waals surface area contributed by atoms with Crippen LogP contribution in [-0.2, 0) is 110 Å². The van der Waals surface area contributed by atoms with Gasteiger partial charge in [-0.1, -0.05) is 188 Å². The Kier molecular flexibility index (Phi) is 44.7. The Balaban J connectivity index is 0.000000200. The SMILES string of the molecule is CC(=O)C=C(C)O.CC(=O)C=C(C)O.Fc1c[c-]c(-c2ccccn2)cc1.[Ir].[Ir].[Ir].[Ir].[Ir].[c-]1ccccc1-c1ccccn1.[c-]1ccccc1-c1ccccn1.c1ccc(-c2nc3ccccc3[n-]2)nc1.c1ccc(-c2nc3ccccc3[n-]2)nc1.c1ccc(-c2nc3ccccc3[n-]2)nc1.c1ccc(-c2nc3ccccc3[n-]2)nc1.c1ccc(-c2nc3ccccc3[n-]2)nc1. The monoisotopic (exact) mass is 2620 g/mol. The van der Waals surface area contributed by atoms with E-state index in [1.54, 1.807) is 55.6 Å². The number of benzene rings is 8. The minimum Gasteiger partial charge on any atom is -0.512 e. The molecule has 0 saturated carbocycles. The maximum absolute atomic E-state index is 12.6. The number of para-hydroxylation sites is 10. The average molecular weight is 2610 g/mol. The summed E-state index contributed by atoms with van der Waals surface area (Å²) in [5.74, 6) is 3.05. The predicted octanol–water partition coefficient (Wildman–Crippen LogP) is 21.1. The molecule has 0 saturated heterocycles. The van der Waals surface area contributed by atoms with Crippen molar-refractivity contribution in [3.05, 3.63) is 431 Å². The third-order valence-electron chi connectivity index (χ3n) is 17.0. The van der Waals surface area contributed by atoms with Crippen molar-refractivity contribution in [2.75, 3.05) is 0 Å². The van der Waals surface area contributed by atoms with E-state index in [0.29, 0.717) is 29.1 Å². The number of halogens is 1. The molecule has 131 heavy (non-hydrogen) atoms. The summed E-state index contributed by atoms with van der Waals surface area (Å²) in [7, 11) is 0. The topological polar surface area (TPSA) is 313 Å². The number of ketones is 2. The van der Waals surface area contributed by atoms with Gasteiger partial charge < -0.3 is 75.0 Å². The molecule has 665 valence electrons. The molecule has 13 heterocycles. The molecule has 0 atom stereocenters. The molecule has 0 bridgehead atoms. The van der Waals surface area contributed by atoms with Gasteiger partial charge in [0.1, 0.15) is 0 Å². The van der Waals surface area contributed by atoms with Gasteiger partial charge in [0.05, 0.1) is 40.0 Å². The fourth-order valence-electron chi connectivity index (χ4n) is 11.4. The molecule has 8 aromatic carbocycles. The molecule has 2 N–H and O–H groups in total. The van der Waals surface area contributed by atoms with E-state index in [4.69, 9.17) is 10.2 Å². The van der Waals surface area contributed by atoms with Crippen LogP contribution in [0.3, 0.4) is 0 Å². The van der Waals surface area contributed by atoms with E-state index in [-0.39, 0.29) is 129 Å². The minimum atomic E-state index is -0.278. The predicted molar refractivity (Wildman–Crippen MR) is 491 cm³/mol. The van der Waals surface area contributed by atoms with E-state index in [9.17, 15) is 14.0 Å². The third kappa shape index (κ3) is 33.8. The normalized spacial score (nSPS) is 10.1. The number of carbonyl (C=O) groups is 2. The minimum absolute atomic E-state index is 0. The quantitative estimate of drug-likeness (QED) is 0.0730. The Morgan fingerprint density at radius 3 is 0.634 bits per heavy atom. The van der Waals surface area contributed by atoms with Crippen LogP contribution in [0.4, 0.5) is 4.39 Å². The summed E-state index contributed by atoms with van der Waals surface area (Å²) >= 11 is 0. The molecule has 21 rings (SSSR count). The summed E-state index contributed by atoms with van der Waals surface area (Å²) in [5, 5.41) is 16.7. The number of rotatable bonds is 10. The second-order valence-electron chi connectivity index (χ2n) is 26.7. The first-order chi connectivity index (χ1) is 61.7. The van der Waals surface area contributed by atoms with Crippen LogP contribution in [0, 0.1) is 24.0 Å². The zero-order valence-corrected chi connectivity index (χ0v) is 82.3. The number of carbonyl (C=O) groups excluding carboxylic acids is 2. The van der Waals surface area contributed by atoms with Crippen LogP contribution in [-0.4, -0.2) is 86.6 Å². The molecule has 5 radical (unpaired) electrons. The van der Waals surface area contributed by atoms with Crippen LogP contribution in [0.2, 0.25) is 0 Å². The van der Waals surface area contributed by atoms with Gasteiger partial charge in [-0.05, 0) is 208 Å². The van der Waals surface area contributed by atoms with Gasteiger partial charge in [0.15, 0.2) is 11.6 Å². The largest absolute Gasteiger partial charge is 0.512 e. The van der Waals surface area contributed by atoms with Crippen molar-refractivity contribution in [1.82, 2.24) is 89.7 Å². The molecule has 13 aromatic heterocycles. The zero-order valence-electron chi connectivity index (χ0n) is 70.3. The Morgan fingerprint density at radius 2 is 0.466 bits per heavy atom. The van der Waals surface area contributed by atoms with Crippen molar-refractivity contribution in [1.29, 1.82) is 0 Å². The molecule has 0 unspecified atom stereocenters. The number of hydrogen-bond acceptors (Lipinski definition) is 17. The van der Waals surface area contributed by atoms with Crippen molar-refractivity contribution >= 4 is 66.7 Å². The van der Waals surface area contributed by atoms with Gasteiger partial charge in [-0.15, -0.1) is 102 Å². The average Bonchev–Trinajstić information content (AvgIpc) is 1.70. The number of hydrogen-bond donors (Lipinski definition) is 2. The maximum atomic E-state index is 12.6. The second-order valence-corrected chi connectivity index (χ2v) is 26.7. The summed E-state index contributed by atoms with van der Waals surface area (Å²) in [4.78, 5) is 97.8. The molecule has 21 aromatic rings. The van der Waals surface area contributed by atoms with Crippen LogP contribution in [0.15, 0.2) is 407 Å². The smallest absolute Gasteiger partial charge is 0.155 e. The van der Waals surface area contributed by atoms with Crippen molar-refractivity contribution in [2.45, 2.75) is 27.7 Å². The van der Waals surface area contributed by atoms with Crippen LogP contribution >= 0.6 is 0 Å². The van der Waals surface area contributed by atoms with Crippen LogP contribution in [0.25, 0.3) is 147 Å². The Hall–Kier alpha value is -14.1. The number of imidazole rings is 5. The van der Waals surface area contributed by atoms with Crippen LogP contribution < -0.4 is 24.9 Å². The van der Waals surface area contributed by atoms with E-state index < -0.39 is 0 Å². The van der Waals surface area contributed by atoms with Crippen molar-refractivity contribution in [2.24, 2.45) is 0 Å². The summed E-state index contributed by atoms with van der Waals surface area (Å²) < 4.78 is 12.6. The molecular formula is C103H79FIr5N18O4-8. The summed E-state index contributed by atoms with van der Waals surface area (Å²) in [6.45, 7) is 5.70. The Bertz CT molecular complexity index is 5920. The molecule has 0 aliphatic rings. The molecule has 28 heteroatoms. The van der Waals surface area contributed by atoms with Gasteiger partial charge >= 0.3 is 0 Å². The zero-order chi connectivity index (χ0) is 87.7. The number of aromatic nitrogens is 18. The van der Waals surface area contributed by atoms with E-state index in [0.717, 1.165) is 117 Å². The summed E-state index contributed by atoms with van der Waals surface area (Å²) in [6, 6.07) is 114.